The van der Waals surface area contributed by atoms with E-state index in [-0.39, 0.29) is 30.7 Å². The number of fused-ring (bicyclic) bond motifs is 2. The van der Waals surface area contributed by atoms with Crippen LogP contribution in [0.4, 0.5) is 0 Å². The minimum Gasteiger partial charge on any atom is -0.485 e. The van der Waals surface area contributed by atoms with Gasteiger partial charge in [-0.3, -0.25) is 9.59 Å². The smallest absolute Gasteiger partial charge is 0.231 e. The van der Waals surface area contributed by atoms with Gasteiger partial charge in [-0.2, -0.15) is 0 Å². The fourth-order valence-corrected chi connectivity index (χ4v) is 4.36. The monoisotopic (exact) mass is 540 g/mol. The van der Waals surface area contributed by atoms with E-state index in [2.05, 4.69) is 15.9 Å². The highest BCUT2D eigenvalue weighted by atomic mass is 79.9. The zero-order valence-corrected chi connectivity index (χ0v) is 20.4. The van der Waals surface area contributed by atoms with E-state index in [1.54, 1.807) is 61.5 Å². The van der Waals surface area contributed by atoms with Crippen LogP contribution in [0.2, 0.25) is 5.02 Å². The van der Waals surface area contributed by atoms with Gasteiger partial charge in [0.1, 0.15) is 17.2 Å². The van der Waals surface area contributed by atoms with E-state index in [9.17, 15) is 9.59 Å². The third-order valence-electron chi connectivity index (χ3n) is 5.55. The van der Waals surface area contributed by atoms with Gasteiger partial charge in [0.2, 0.25) is 5.78 Å². The van der Waals surface area contributed by atoms with Crippen molar-refractivity contribution in [2.45, 2.75) is 13.5 Å². The van der Waals surface area contributed by atoms with Crippen LogP contribution in [0.1, 0.15) is 37.4 Å². The van der Waals surface area contributed by atoms with Crippen molar-refractivity contribution in [1.82, 2.24) is 0 Å². The maximum atomic E-state index is 13.0. The molecule has 0 spiro atoms. The van der Waals surface area contributed by atoms with Gasteiger partial charge >= 0.3 is 0 Å². The Morgan fingerprint density at radius 2 is 1.94 bits per heavy atom. The lowest BCUT2D eigenvalue weighted by atomic mass is 10.0. The van der Waals surface area contributed by atoms with Crippen molar-refractivity contribution < 1.29 is 28.5 Å². The average molecular weight is 542 g/mol. The molecule has 0 unspecified atom stereocenters. The molecular weight excluding hydrogens is 524 g/mol. The zero-order chi connectivity index (χ0) is 23.8. The molecule has 2 heterocycles. The number of hydrogen-bond donors (Lipinski definition) is 0. The van der Waals surface area contributed by atoms with E-state index in [0.717, 1.165) is 10.0 Å². The van der Waals surface area contributed by atoms with Crippen LogP contribution in [0, 0.1) is 6.92 Å². The Labute approximate surface area is 209 Å². The molecule has 6 nitrogen and oxygen atoms in total. The molecule has 2 aliphatic heterocycles. The second kappa shape index (κ2) is 9.25. The maximum absolute atomic E-state index is 13.0. The first-order valence-electron chi connectivity index (χ1n) is 10.4. The van der Waals surface area contributed by atoms with E-state index < -0.39 is 0 Å². The van der Waals surface area contributed by atoms with Gasteiger partial charge in [-0.05, 0) is 49.4 Å². The number of Topliss-reactive ketones (excluding diaryl/α,β-unsaturated/α-hetero) is 2. The Morgan fingerprint density at radius 3 is 2.74 bits per heavy atom. The fraction of sp³-hybridized carbons (Fsp3) is 0.154. The Kier molecular flexibility index (Phi) is 6.16. The summed E-state index contributed by atoms with van der Waals surface area (Å²) in [5.74, 6) is 1.24. The van der Waals surface area contributed by atoms with Gasteiger partial charge in [0, 0.05) is 31.7 Å². The van der Waals surface area contributed by atoms with Gasteiger partial charge in [-0.15, -0.1) is 0 Å². The molecule has 8 heteroatoms. The highest BCUT2D eigenvalue weighted by Gasteiger charge is 2.31. The van der Waals surface area contributed by atoms with Crippen molar-refractivity contribution in [2.24, 2.45) is 0 Å². The Bertz CT molecular complexity index is 1350. The van der Waals surface area contributed by atoms with Crippen molar-refractivity contribution >= 4 is 45.2 Å². The summed E-state index contributed by atoms with van der Waals surface area (Å²) in [4.78, 5) is 25.5. The van der Waals surface area contributed by atoms with Gasteiger partial charge < -0.3 is 18.9 Å². The van der Waals surface area contributed by atoms with E-state index in [4.69, 9.17) is 30.5 Å². The van der Waals surface area contributed by atoms with Crippen molar-refractivity contribution in [3.63, 3.8) is 0 Å². The van der Waals surface area contributed by atoms with E-state index in [1.165, 1.54) is 0 Å². The molecule has 0 N–H and O–H groups in total. The number of ether oxygens (including phenoxy) is 4. The molecule has 0 saturated carbocycles. The second-order valence-electron chi connectivity index (χ2n) is 7.82. The number of ketones is 2. The van der Waals surface area contributed by atoms with Crippen molar-refractivity contribution in [1.29, 1.82) is 0 Å². The summed E-state index contributed by atoms with van der Waals surface area (Å²) in [7, 11) is 0. The number of carbonyl (C=O) groups is 2. The largest absolute Gasteiger partial charge is 0.485 e. The van der Waals surface area contributed by atoms with E-state index in [0.29, 0.717) is 51.1 Å². The summed E-state index contributed by atoms with van der Waals surface area (Å²) in [5.41, 5.74) is 3.05. The normalized spacial score (nSPS) is 15.4. The molecule has 2 aliphatic rings. The summed E-state index contributed by atoms with van der Waals surface area (Å²) in [6.45, 7) is 2.15. The summed E-state index contributed by atoms with van der Waals surface area (Å²) in [5, 5.41) is 0.505. The summed E-state index contributed by atoms with van der Waals surface area (Å²) in [6, 6.07) is 13.9. The van der Waals surface area contributed by atoms with Crippen LogP contribution in [0.15, 0.2) is 58.8 Å². The number of carbonyl (C=O) groups excluding carboxylic acids is 2. The van der Waals surface area contributed by atoms with Crippen LogP contribution in [-0.2, 0) is 11.3 Å². The molecule has 3 aromatic carbocycles. The summed E-state index contributed by atoms with van der Waals surface area (Å²) < 4.78 is 23.5. The first-order valence-corrected chi connectivity index (χ1v) is 11.6. The Hall–Kier alpha value is -3.13. The molecule has 0 fully saturated rings. The van der Waals surface area contributed by atoms with Crippen LogP contribution in [0.25, 0.3) is 6.08 Å². The molecule has 172 valence electrons. The average Bonchev–Trinajstić information content (AvgIpc) is 3.15. The topological polar surface area (TPSA) is 71.1 Å². The second-order valence-corrected chi connectivity index (χ2v) is 9.17. The molecule has 0 aliphatic carbocycles. The van der Waals surface area contributed by atoms with E-state index >= 15 is 0 Å². The Balaban J connectivity index is 1.38. The van der Waals surface area contributed by atoms with Crippen molar-refractivity contribution in [2.75, 3.05) is 13.4 Å². The van der Waals surface area contributed by atoms with Crippen LogP contribution in [-0.4, -0.2) is 25.0 Å². The zero-order valence-electron chi connectivity index (χ0n) is 18.0. The first-order chi connectivity index (χ1) is 16.4. The molecule has 0 amide bonds. The third kappa shape index (κ3) is 4.34. The minimum atomic E-state index is -0.253. The molecule has 0 bridgehead atoms. The van der Waals surface area contributed by atoms with Gasteiger partial charge in [-0.1, -0.05) is 39.7 Å². The quantitative estimate of drug-likeness (QED) is 0.285. The van der Waals surface area contributed by atoms with Gasteiger partial charge in [0.25, 0.3) is 0 Å². The molecule has 5 rings (SSSR count). The summed E-state index contributed by atoms with van der Waals surface area (Å²) in [6.07, 6.45) is 1.62. The molecule has 0 aromatic heterocycles. The standard InChI is InChI=1S/C26H18BrClO6/c1-14-22(32-12-21(29)15-2-4-18(27)5-3-15)7-6-20-24(30)23(34-25(14)20)10-16-8-19(28)9-17-11-31-13-33-26(16)17/h2-10H,11-13H2,1H3/b23-10-. The molecule has 0 saturated heterocycles. The number of allylic oxidation sites excluding steroid dienone is 1. The van der Waals surface area contributed by atoms with E-state index in [1.807, 2.05) is 0 Å². The Morgan fingerprint density at radius 1 is 1.15 bits per heavy atom. The predicted octanol–water partition coefficient (Wildman–Crippen LogP) is 6.16. The van der Waals surface area contributed by atoms with Crippen LogP contribution in [0.5, 0.6) is 17.2 Å². The SMILES string of the molecule is Cc1c(OCC(=O)c2ccc(Br)cc2)ccc2c1O/C(=C\c1cc(Cl)cc3c1OCOC3)C2=O. The van der Waals surface area contributed by atoms with Crippen molar-refractivity contribution in [3.05, 3.63) is 91.6 Å². The van der Waals surface area contributed by atoms with Crippen LogP contribution >= 0.6 is 27.5 Å². The van der Waals surface area contributed by atoms with Crippen molar-refractivity contribution in [3.8, 4) is 17.2 Å². The lowest BCUT2D eigenvalue weighted by Gasteiger charge is -2.20. The molecule has 3 aromatic rings. The van der Waals surface area contributed by atoms with Crippen LogP contribution in [0.3, 0.4) is 0 Å². The van der Waals surface area contributed by atoms with Gasteiger partial charge in [0.15, 0.2) is 24.9 Å². The lowest BCUT2D eigenvalue weighted by molar-refractivity contribution is -0.0165. The predicted molar refractivity (Wildman–Crippen MR) is 130 cm³/mol. The number of halogens is 2. The highest BCUT2D eigenvalue weighted by molar-refractivity contribution is 9.10. The molecule has 0 radical (unpaired) electrons. The molecular formula is C26H18BrClO6. The summed E-state index contributed by atoms with van der Waals surface area (Å²) >= 11 is 9.59. The highest BCUT2D eigenvalue weighted by Crippen LogP contribution is 2.41. The first kappa shape index (κ1) is 22.7. The maximum Gasteiger partial charge on any atom is 0.231 e. The number of benzene rings is 3. The minimum absolute atomic E-state index is 0.124. The number of rotatable bonds is 5. The van der Waals surface area contributed by atoms with Gasteiger partial charge in [-0.25, -0.2) is 0 Å². The number of hydrogen-bond acceptors (Lipinski definition) is 6. The van der Waals surface area contributed by atoms with Gasteiger partial charge in [0.05, 0.1) is 12.2 Å². The fourth-order valence-electron chi connectivity index (χ4n) is 3.84. The molecule has 0 atom stereocenters. The van der Waals surface area contributed by atoms with Crippen LogP contribution < -0.4 is 14.2 Å². The lowest BCUT2D eigenvalue weighted by Crippen LogP contribution is -2.12. The molecule has 34 heavy (non-hydrogen) atoms. The third-order valence-corrected chi connectivity index (χ3v) is 6.30.